The molecule has 0 aliphatic carbocycles. The highest BCUT2D eigenvalue weighted by Crippen LogP contribution is 2.12. The maximum Gasteiger partial charge on any atom is 0.191 e. The van der Waals surface area contributed by atoms with Crippen molar-refractivity contribution in [1.29, 1.82) is 0 Å². The Balaban J connectivity index is 2.46. The van der Waals surface area contributed by atoms with E-state index in [1.807, 2.05) is 13.8 Å². The van der Waals surface area contributed by atoms with E-state index in [0.717, 1.165) is 6.54 Å². The molecule has 1 aromatic rings. The lowest BCUT2D eigenvalue weighted by Gasteiger charge is -2.14. The Morgan fingerprint density at radius 2 is 2.05 bits per heavy atom. The van der Waals surface area contributed by atoms with Gasteiger partial charge >= 0.3 is 0 Å². The highest BCUT2D eigenvalue weighted by molar-refractivity contribution is 5.79. The standard InChI is InChI=1S/C14H22FN3O2/c1-3-16-14(17-8-9-19)18-10-11(2)20-13-6-4-12(15)5-7-13/h4-7,11,19H,3,8-10H2,1-2H3,(H2,16,17,18). The van der Waals surface area contributed by atoms with E-state index in [4.69, 9.17) is 9.84 Å². The van der Waals surface area contributed by atoms with Crippen molar-refractivity contribution in [3.05, 3.63) is 30.1 Å². The number of nitrogens with one attached hydrogen (secondary N) is 2. The van der Waals surface area contributed by atoms with Crippen LogP contribution in [0.25, 0.3) is 0 Å². The van der Waals surface area contributed by atoms with E-state index in [-0.39, 0.29) is 18.5 Å². The molecule has 1 atom stereocenters. The molecular formula is C14H22FN3O2. The normalized spacial score (nSPS) is 12.9. The summed E-state index contributed by atoms with van der Waals surface area (Å²) < 4.78 is 18.4. The van der Waals surface area contributed by atoms with Gasteiger partial charge in [-0.15, -0.1) is 0 Å². The summed E-state index contributed by atoms with van der Waals surface area (Å²) in [6, 6.07) is 5.89. The van der Waals surface area contributed by atoms with Crippen molar-refractivity contribution in [3.63, 3.8) is 0 Å². The van der Waals surface area contributed by atoms with Gasteiger partial charge in [-0.3, -0.25) is 0 Å². The molecule has 0 aliphatic heterocycles. The van der Waals surface area contributed by atoms with Gasteiger partial charge in [-0.05, 0) is 38.1 Å². The lowest BCUT2D eigenvalue weighted by molar-refractivity contribution is 0.230. The smallest absolute Gasteiger partial charge is 0.191 e. The SMILES string of the molecule is CCNC(=NCC(C)Oc1ccc(F)cc1)NCCO. The number of halogens is 1. The number of guanidine groups is 1. The summed E-state index contributed by atoms with van der Waals surface area (Å²) >= 11 is 0. The average molecular weight is 283 g/mol. The first kappa shape index (κ1) is 16.2. The maximum atomic E-state index is 12.8. The van der Waals surface area contributed by atoms with Crippen LogP contribution >= 0.6 is 0 Å². The second-order valence-corrected chi connectivity index (χ2v) is 4.25. The molecule has 20 heavy (non-hydrogen) atoms. The molecule has 6 heteroatoms. The van der Waals surface area contributed by atoms with Gasteiger partial charge in [0.1, 0.15) is 17.7 Å². The fourth-order valence-corrected chi connectivity index (χ4v) is 1.52. The van der Waals surface area contributed by atoms with Crippen LogP contribution in [0.1, 0.15) is 13.8 Å². The zero-order valence-electron chi connectivity index (χ0n) is 11.9. The molecule has 0 aliphatic rings. The Kier molecular flexibility index (Phi) is 7.42. The minimum absolute atomic E-state index is 0.0477. The molecule has 1 aromatic carbocycles. The maximum absolute atomic E-state index is 12.8. The van der Waals surface area contributed by atoms with Crippen molar-refractivity contribution in [2.75, 3.05) is 26.2 Å². The number of nitrogens with zero attached hydrogens (tertiary/aromatic N) is 1. The summed E-state index contributed by atoms with van der Waals surface area (Å²) in [5.74, 6) is 0.962. The fraction of sp³-hybridized carbons (Fsp3) is 0.500. The van der Waals surface area contributed by atoms with Crippen molar-refractivity contribution in [2.45, 2.75) is 20.0 Å². The monoisotopic (exact) mass is 283 g/mol. The second kappa shape index (κ2) is 9.14. The van der Waals surface area contributed by atoms with Crippen LogP contribution in [0.15, 0.2) is 29.3 Å². The van der Waals surface area contributed by atoms with Crippen molar-refractivity contribution >= 4 is 5.96 Å². The minimum atomic E-state index is -0.286. The Hall–Kier alpha value is -1.82. The number of aliphatic hydroxyl groups excluding tert-OH is 1. The van der Waals surface area contributed by atoms with Gasteiger partial charge in [-0.1, -0.05) is 0 Å². The first-order valence-electron chi connectivity index (χ1n) is 6.71. The van der Waals surface area contributed by atoms with Crippen LogP contribution < -0.4 is 15.4 Å². The Labute approximate surface area is 118 Å². The molecule has 0 saturated heterocycles. The summed E-state index contributed by atoms with van der Waals surface area (Å²) in [7, 11) is 0. The van der Waals surface area contributed by atoms with Crippen molar-refractivity contribution in [1.82, 2.24) is 10.6 Å². The van der Waals surface area contributed by atoms with Crippen molar-refractivity contribution < 1.29 is 14.2 Å². The fourth-order valence-electron chi connectivity index (χ4n) is 1.52. The summed E-state index contributed by atoms with van der Waals surface area (Å²) in [6.07, 6.45) is -0.134. The molecule has 0 amide bonds. The third-order valence-corrected chi connectivity index (χ3v) is 2.41. The lowest BCUT2D eigenvalue weighted by Crippen LogP contribution is -2.39. The number of aliphatic hydroxyl groups is 1. The molecule has 0 heterocycles. The van der Waals surface area contributed by atoms with E-state index >= 15 is 0 Å². The quantitative estimate of drug-likeness (QED) is 0.518. The first-order chi connectivity index (χ1) is 9.65. The van der Waals surface area contributed by atoms with Gasteiger partial charge in [-0.25, -0.2) is 9.38 Å². The average Bonchev–Trinajstić information content (AvgIpc) is 2.44. The third kappa shape index (κ3) is 6.38. The molecule has 1 rings (SSSR count). The van der Waals surface area contributed by atoms with Gasteiger partial charge in [-0.2, -0.15) is 0 Å². The molecule has 0 aromatic heterocycles. The largest absolute Gasteiger partial charge is 0.489 e. The van der Waals surface area contributed by atoms with Gasteiger partial charge in [0.05, 0.1) is 13.2 Å². The Morgan fingerprint density at radius 3 is 2.65 bits per heavy atom. The number of benzene rings is 1. The third-order valence-electron chi connectivity index (χ3n) is 2.41. The highest BCUT2D eigenvalue weighted by Gasteiger charge is 2.04. The minimum Gasteiger partial charge on any atom is -0.489 e. The summed E-state index contributed by atoms with van der Waals surface area (Å²) in [5, 5.41) is 14.8. The van der Waals surface area contributed by atoms with E-state index in [1.165, 1.54) is 12.1 Å². The number of rotatable bonds is 7. The molecule has 5 nitrogen and oxygen atoms in total. The summed E-state index contributed by atoms with van der Waals surface area (Å²) in [4.78, 5) is 4.35. The second-order valence-electron chi connectivity index (χ2n) is 4.25. The van der Waals surface area contributed by atoms with E-state index in [9.17, 15) is 4.39 Å². The molecule has 0 saturated carbocycles. The molecule has 0 bridgehead atoms. The molecule has 3 N–H and O–H groups in total. The topological polar surface area (TPSA) is 65.9 Å². The zero-order chi connectivity index (χ0) is 14.8. The van der Waals surface area contributed by atoms with Gasteiger partial charge in [0, 0.05) is 13.1 Å². The number of hydrogen-bond acceptors (Lipinski definition) is 3. The lowest BCUT2D eigenvalue weighted by atomic mass is 10.3. The van der Waals surface area contributed by atoms with Gasteiger partial charge in [0.2, 0.25) is 0 Å². The Bertz CT molecular complexity index is 409. The van der Waals surface area contributed by atoms with E-state index < -0.39 is 0 Å². The van der Waals surface area contributed by atoms with Crippen LogP contribution in [0.2, 0.25) is 0 Å². The number of hydrogen-bond donors (Lipinski definition) is 3. The van der Waals surface area contributed by atoms with Crippen LogP contribution in [0.5, 0.6) is 5.75 Å². The summed E-state index contributed by atoms with van der Waals surface area (Å²) in [6.45, 7) is 5.55. The molecule has 0 radical (unpaired) electrons. The molecular weight excluding hydrogens is 261 g/mol. The molecule has 112 valence electrons. The van der Waals surface area contributed by atoms with Crippen LogP contribution in [0, 0.1) is 5.82 Å². The zero-order valence-corrected chi connectivity index (χ0v) is 11.9. The van der Waals surface area contributed by atoms with Crippen molar-refractivity contribution in [2.24, 2.45) is 4.99 Å². The van der Waals surface area contributed by atoms with Crippen LogP contribution in [-0.2, 0) is 0 Å². The van der Waals surface area contributed by atoms with Gasteiger partial charge in [0.25, 0.3) is 0 Å². The van der Waals surface area contributed by atoms with Gasteiger partial charge < -0.3 is 20.5 Å². The molecule has 0 spiro atoms. The molecule has 1 unspecified atom stereocenters. The summed E-state index contributed by atoms with van der Waals surface area (Å²) in [5.41, 5.74) is 0. The van der Waals surface area contributed by atoms with E-state index in [0.29, 0.717) is 24.8 Å². The predicted molar refractivity (Wildman–Crippen MR) is 77.6 cm³/mol. The number of ether oxygens (including phenoxy) is 1. The number of aliphatic imine (C=N–C) groups is 1. The Morgan fingerprint density at radius 1 is 1.35 bits per heavy atom. The van der Waals surface area contributed by atoms with E-state index in [2.05, 4.69) is 15.6 Å². The van der Waals surface area contributed by atoms with Crippen LogP contribution in [-0.4, -0.2) is 43.4 Å². The predicted octanol–water partition coefficient (Wildman–Crippen LogP) is 1.14. The van der Waals surface area contributed by atoms with Crippen LogP contribution in [0.4, 0.5) is 4.39 Å². The van der Waals surface area contributed by atoms with Crippen LogP contribution in [0.3, 0.4) is 0 Å². The van der Waals surface area contributed by atoms with Gasteiger partial charge in [0.15, 0.2) is 5.96 Å². The first-order valence-corrected chi connectivity index (χ1v) is 6.71. The molecule has 0 fully saturated rings. The van der Waals surface area contributed by atoms with E-state index in [1.54, 1.807) is 12.1 Å². The highest BCUT2D eigenvalue weighted by atomic mass is 19.1. The van der Waals surface area contributed by atoms with Crippen molar-refractivity contribution in [3.8, 4) is 5.75 Å².